The Morgan fingerprint density at radius 2 is 1.81 bits per heavy atom. The van der Waals surface area contributed by atoms with Crippen LogP contribution in [-0.2, 0) is 0 Å². The molecular weight excluding hydrogens is 338 g/mol. The highest BCUT2D eigenvalue weighted by molar-refractivity contribution is 5.83. The second kappa shape index (κ2) is 8.96. The van der Waals surface area contributed by atoms with Crippen molar-refractivity contribution in [3.8, 4) is 17.2 Å². The van der Waals surface area contributed by atoms with Gasteiger partial charge < -0.3 is 14.6 Å². The molecule has 0 amide bonds. The maximum atomic E-state index is 9.66. The van der Waals surface area contributed by atoms with Crippen molar-refractivity contribution >= 4 is 11.6 Å². The van der Waals surface area contributed by atoms with Gasteiger partial charge in [-0.2, -0.15) is 0 Å². The van der Waals surface area contributed by atoms with E-state index in [0.29, 0.717) is 6.04 Å². The summed E-state index contributed by atoms with van der Waals surface area (Å²) in [4.78, 5) is 2.54. The molecule has 0 radical (unpaired) electrons. The van der Waals surface area contributed by atoms with E-state index in [2.05, 4.69) is 17.9 Å². The van der Waals surface area contributed by atoms with Gasteiger partial charge in [0.2, 0.25) is 0 Å². The SMILES string of the molecule is COc1ccc(/C=C(/CN2CCCC[C@@H]2C)c2ccc(O)cc2)cc1OC. The van der Waals surface area contributed by atoms with Crippen LogP contribution in [0.3, 0.4) is 0 Å². The summed E-state index contributed by atoms with van der Waals surface area (Å²) < 4.78 is 10.8. The molecule has 4 heteroatoms. The maximum absolute atomic E-state index is 9.66. The summed E-state index contributed by atoms with van der Waals surface area (Å²) in [6.07, 6.45) is 6.02. The summed E-state index contributed by atoms with van der Waals surface area (Å²) in [6, 6.07) is 14.0. The Kier molecular flexibility index (Phi) is 6.40. The Labute approximate surface area is 162 Å². The van der Waals surface area contributed by atoms with E-state index >= 15 is 0 Å². The van der Waals surface area contributed by atoms with Crippen LogP contribution in [0.1, 0.15) is 37.3 Å². The fraction of sp³-hybridized carbons (Fsp3) is 0.391. The number of phenols is 1. The van der Waals surface area contributed by atoms with Crippen molar-refractivity contribution in [1.82, 2.24) is 4.90 Å². The zero-order valence-electron chi connectivity index (χ0n) is 16.4. The van der Waals surface area contributed by atoms with Gasteiger partial charge in [0.15, 0.2) is 11.5 Å². The summed E-state index contributed by atoms with van der Waals surface area (Å²) >= 11 is 0. The standard InChI is InChI=1S/C23H29NO3/c1-17-6-4-5-13-24(17)16-20(19-8-10-21(25)11-9-19)14-18-7-12-22(26-2)23(15-18)27-3/h7-12,14-15,17,25H,4-6,13,16H2,1-3H3/b20-14-/t17-/m0/s1. The van der Waals surface area contributed by atoms with Crippen LogP contribution in [0.25, 0.3) is 11.6 Å². The number of rotatable bonds is 6. The lowest BCUT2D eigenvalue weighted by molar-refractivity contribution is 0.182. The first-order valence-electron chi connectivity index (χ1n) is 9.56. The van der Waals surface area contributed by atoms with Crippen molar-refractivity contribution in [2.75, 3.05) is 27.3 Å². The number of likely N-dealkylation sites (tertiary alicyclic amines) is 1. The van der Waals surface area contributed by atoms with Crippen molar-refractivity contribution in [3.05, 3.63) is 53.6 Å². The van der Waals surface area contributed by atoms with E-state index < -0.39 is 0 Å². The highest BCUT2D eigenvalue weighted by Crippen LogP contribution is 2.30. The van der Waals surface area contributed by atoms with Crippen molar-refractivity contribution in [3.63, 3.8) is 0 Å². The summed E-state index contributed by atoms with van der Waals surface area (Å²) in [5.41, 5.74) is 3.43. The topological polar surface area (TPSA) is 41.9 Å². The highest BCUT2D eigenvalue weighted by Gasteiger charge is 2.19. The molecule has 0 saturated carbocycles. The van der Waals surface area contributed by atoms with Crippen molar-refractivity contribution in [2.45, 2.75) is 32.2 Å². The molecule has 1 fully saturated rings. The van der Waals surface area contributed by atoms with Gasteiger partial charge in [-0.3, -0.25) is 4.90 Å². The Morgan fingerprint density at radius 3 is 2.48 bits per heavy atom. The molecule has 1 atom stereocenters. The first-order valence-corrected chi connectivity index (χ1v) is 9.56. The quantitative estimate of drug-likeness (QED) is 0.743. The molecule has 27 heavy (non-hydrogen) atoms. The Balaban J connectivity index is 1.95. The van der Waals surface area contributed by atoms with Crippen LogP contribution in [0, 0.1) is 0 Å². The highest BCUT2D eigenvalue weighted by atomic mass is 16.5. The maximum Gasteiger partial charge on any atom is 0.161 e. The molecule has 4 nitrogen and oxygen atoms in total. The molecule has 0 bridgehead atoms. The Bertz CT molecular complexity index is 783. The Morgan fingerprint density at radius 1 is 1.07 bits per heavy atom. The molecule has 0 unspecified atom stereocenters. The van der Waals surface area contributed by atoms with Crippen LogP contribution < -0.4 is 9.47 Å². The van der Waals surface area contributed by atoms with Crippen LogP contribution in [0.4, 0.5) is 0 Å². The average Bonchev–Trinajstić information content (AvgIpc) is 2.69. The molecular formula is C23H29NO3. The first kappa shape index (κ1) is 19.3. The van der Waals surface area contributed by atoms with Crippen LogP contribution >= 0.6 is 0 Å². The normalized spacial score (nSPS) is 18.3. The van der Waals surface area contributed by atoms with E-state index in [-0.39, 0.29) is 5.75 Å². The molecule has 3 rings (SSSR count). The molecule has 0 aromatic heterocycles. The van der Waals surface area contributed by atoms with E-state index in [9.17, 15) is 5.11 Å². The number of nitrogens with zero attached hydrogens (tertiary/aromatic N) is 1. The molecule has 1 heterocycles. The van der Waals surface area contributed by atoms with Gasteiger partial charge in [0.25, 0.3) is 0 Å². The molecule has 0 spiro atoms. The van der Waals surface area contributed by atoms with Crippen molar-refractivity contribution in [2.24, 2.45) is 0 Å². The minimum atomic E-state index is 0.288. The van der Waals surface area contributed by atoms with Crippen LogP contribution in [0.15, 0.2) is 42.5 Å². The molecule has 144 valence electrons. The third kappa shape index (κ3) is 4.83. The van der Waals surface area contributed by atoms with Crippen LogP contribution in [-0.4, -0.2) is 43.4 Å². The number of benzene rings is 2. The van der Waals surface area contributed by atoms with Gasteiger partial charge in [-0.05, 0) is 73.4 Å². The van der Waals surface area contributed by atoms with E-state index in [1.807, 2.05) is 30.3 Å². The summed E-state index contributed by atoms with van der Waals surface area (Å²) in [7, 11) is 3.30. The van der Waals surface area contributed by atoms with Crippen molar-refractivity contribution < 1.29 is 14.6 Å². The molecule has 1 aliphatic rings. The second-order valence-electron chi connectivity index (χ2n) is 7.15. The second-order valence-corrected chi connectivity index (χ2v) is 7.15. The number of methoxy groups -OCH3 is 2. The van der Waals surface area contributed by atoms with Crippen molar-refractivity contribution in [1.29, 1.82) is 0 Å². The smallest absolute Gasteiger partial charge is 0.161 e. The van der Waals surface area contributed by atoms with Gasteiger partial charge in [-0.15, -0.1) is 0 Å². The molecule has 1 N–H and O–H groups in total. The fourth-order valence-corrected chi connectivity index (χ4v) is 3.65. The van der Waals surface area contributed by atoms with E-state index in [1.165, 1.54) is 24.8 Å². The number of piperidine rings is 1. The van der Waals surface area contributed by atoms with E-state index in [4.69, 9.17) is 9.47 Å². The van der Waals surface area contributed by atoms with Gasteiger partial charge in [-0.1, -0.05) is 24.6 Å². The number of hydrogen-bond donors (Lipinski definition) is 1. The number of aromatic hydroxyl groups is 1. The molecule has 2 aromatic carbocycles. The van der Waals surface area contributed by atoms with Crippen LogP contribution in [0.5, 0.6) is 17.2 Å². The predicted molar refractivity (Wildman–Crippen MR) is 110 cm³/mol. The minimum absolute atomic E-state index is 0.288. The van der Waals surface area contributed by atoms with E-state index in [1.54, 1.807) is 26.4 Å². The number of phenolic OH excluding ortho intramolecular Hbond substituents is 1. The van der Waals surface area contributed by atoms with Gasteiger partial charge in [0.05, 0.1) is 14.2 Å². The summed E-state index contributed by atoms with van der Waals surface area (Å²) in [5, 5.41) is 9.66. The van der Waals surface area contributed by atoms with Gasteiger partial charge in [0.1, 0.15) is 5.75 Å². The third-order valence-electron chi connectivity index (χ3n) is 5.30. The largest absolute Gasteiger partial charge is 0.508 e. The Hall–Kier alpha value is -2.46. The number of ether oxygens (including phenoxy) is 2. The van der Waals surface area contributed by atoms with Gasteiger partial charge in [-0.25, -0.2) is 0 Å². The van der Waals surface area contributed by atoms with E-state index in [0.717, 1.165) is 35.7 Å². The third-order valence-corrected chi connectivity index (χ3v) is 5.30. The van der Waals surface area contributed by atoms with Crippen LogP contribution in [0.2, 0.25) is 0 Å². The zero-order valence-corrected chi connectivity index (χ0v) is 16.4. The zero-order chi connectivity index (χ0) is 19.2. The van der Waals surface area contributed by atoms with Gasteiger partial charge >= 0.3 is 0 Å². The van der Waals surface area contributed by atoms with Gasteiger partial charge in [0, 0.05) is 12.6 Å². The lowest BCUT2D eigenvalue weighted by Gasteiger charge is -2.34. The lowest BCUT2D eigenvalue weighted by Crippen LogP contribution is -2.38. The molecule has 1 aliphatic heterocycles. The number of hydrogen-bond acceptors (Lipinski definition) is 4. The summed E-state index contributed by atoms with van der Waals surface area (Å²) in [6.45, 7) is 4.33. The minimum Gasteiger partial charge on any atom is -0.508 e. The molecule has 0 aliphatic carbocycles. The average molecular weight is 367 g/mol. The fourth-order valence-electron chi connectivity index (χ4n) is 3.65. The predicted octanol–water partition coefficient (Wildman–Crippen LogP) is 4.82. The summed E-state index contributed by atoms with van der Waals surface area (Å²) in [5.74, 6) is 1.74. The monoisotopic (exact) mass is 367 g/mol. The molecule has 1 saturated heterocycles. The molecule has 2 aromatic rings. The lowest BCUT2D eigenvalue weighted by atomic mass is 9.98. The first-order chi connectivity index (χ1) is 13.1.